The molecule has 1 saturated heterocycles. The molecule has 3 heterocycles. The number of aryl methyl sites for hydroxylation is 1. The van der Waals surface area contributed by atoms with E-state index in [9.17, 15) is 14.4 Å². The van der Waals surface area contributed by atoms with Crippen LogP contribution in [0, 0.1) is 5.92 Å². The van der Waals surface area contributed by atoms with Crippen molar-refractivity contribution in [2.75, 3.05) is 23.8 Å². The molecule has 3 N–H and O–H groups in total. The quantitative estimate of drug-likeness (QED) is 0.590. The minimum atomic E-state index is -0.555. The summed E-state index contributed by atoms with van der Waals surface area (Å²) in [4.78, 5) is 38.8. The summed E-state index contributed by atoms with van der Waals surface area (Å²) >= 11 is 0. The summed E-state index contributed by atoms with van der Waals surface area (Å²) < 4.78 is 6.93. The number of benzene rings is 1. The molecular weight excluding hydrogens is 434 g/mol. The zero-order chi connectivity index (χ0) is 23.7. The molecule has 2 aromatic rings. The third kappa shape index (κ3) is 4.11. The van der Waals surface area contributed by atoms with Crippen LogP contribution in [0.1, 0.15) is 54.6 Å². The van der Waals surface area contributed by atoms with Crippen LogP contribution in [0.15, 0.2) is 42.2 Å². The van der Waals surface area contributed by atoms with Crippen molar-refractivity contribution in [1.82, 2.24) is 15.1 Å². The van der Waals surface area contributed by atoms with Gasteiger partial charge in [0.2, 0.25) is 5.91 Å². The van der Waals surface area contributed by atoms with E-state index in [1.54, 1.807) is 25.4 Å². The number of allylic oxidation sites excluding steroid dienone is 1. The lowest BCUT2D eigenvalue weighted by molar-refractivity contribution is -0.124. The Bertz CT molecular complexity index is 1160. The van der Waals surface area contributed by atoms with Crippen LogP contribution in [-0.4, -0.2) is 40.7 Å². The van der Waals surface area contributed by atoms with Crippen LogP contribution in [0.2, 0.25) is 0 Å². The molecule has 1 aromatic carbocycles. The standard InChI is InChI=1S/C25H29N5O4/c1-30-21(8-11-26-30)23(32)28-20(14-16-4-2-3-5-16)22(31)27-17-6-7-18-19(15-17)29-24(33)25(18)9-12-34-13-10-25/h6-8,11,14-16H,2-5,9-10,12-13H2,1H3,(H,27,31)(H,28,32)(H,29,33). The first-order valence-electron chi connectivity index (χ1n) is 11.8. The summed E-state index contributed by atoms with van der Waals surface area (Å²) in [6, 6.07) is 7.11. The van der Waals surface area contributed by atoms with Gasteiger partial charge in [0.25, 0.3) is 11.8 Å². The number of ether oxygens (including phenoxy) is 1. The van der Waals surface area contributed by atoms with Crippen LogP contribution >= 0.6 is 0 Å². The monoisotopic (exact) mass is 463 g/mol. The van der Waals surface area contributed by atoms with Crippen molar-refractivity contribution < 1.29 is 19.1 Å². The highest BCUT2D eigenvalue weighted by molar-refractivity contribution is 6.10. The summed E-state index contributed by atoms with van der Waals surface area (Å²) in [5.74, 6) is -0.547. The highest BCUT2D eigenvalue weighted by Crippen LogP contribution is 2.45. The van der Waals surface area contributed by atoms with Crippen molar-refractivity contribution in [2.24, 2.45) is 13.0 Å². The molecule has 0 unspecified atom stereocenters. The normalized spacial score (nSPS) is 19.7. The molecule has 3 amide bonds. The fourth-order valence-electron chi connectivity index (χ4n) is 5.24. The van der Waals surface area contributed by atoms with Gasteiger partial charge in [0.05, 0.1) is 5.41 Å². The van der Waals surface area contributed by atoms with E-state index >= 15 is 0 Å². The van der Waals surface area contributed by atoms with E-state index in [2.05, 4.69) is 21.0 Å². The second kappa shape index (κ2) is 9.06. The number of anilines is 2. The predicted octanol–water partition coefficient (Wildman–Crippen LogP) is 2.86. The Kier molecular flexibility index (Phi) is 5.95. The second-order valence-electron chi connectivity index (χ2n) is 9.28. The van der Waals surface area contributed by atoms with Gasteiger partial charge in [0.1, 0.15) is 11.4 Å². The Hall–Kier alpha value is -3.46. The van der Waals surface area contributed by atoms with E-state index in [4.69, 9.17) is 4.74 Å². The smallest absolute Gasteiger partial charge is 0.274 e. The first-order chi connectivity index (χ1) is 16.5. The van der Waals surface area contributed by atoms with E-state index in [1.807, 2.05) is 18.2 Å². The van der Waals surface area contributed by atoms with Gasteiger partial charge in [-0.1, -0.05) is 25.0 Å². The molecule has 2 fully saturated rings. The first kappa shape index (κ1) is 22.3. The van der Waals surface area contributed by atoms with Crippen molar-refractivity contribution >= 4 is 29.1 Å². The molecular formula is C25H29N5O4. The molecule has 2 aliphatic heterocycles. The maximum Gasteiger partial charge on any atom is 0.274 e. The summed E-state index contributed by atoms with van der Waals surface area (Å²) in [7, 11) is 1.68. The second-order valence-corrected chi connectivity index (χ2v) is 9.28. The van der Waals surface area contributed by atoms with Crippen molar-refractivity contribution in [2.45, 2.75) is 43.9 Å². The Morgan fingerprint density at radius 1 is 1.21 bits per heavy atom. The molecule has 1 aliphatic carbocycles. The Morgan fingerprint density at radius 2 is 1.97 bits per heavy atom. The largest absolute Gasteiger partial charge is 0.381 e. The van der Waals surface area contributed by atoms with E-state index < -0.39 is 11.3 Å². The lowest BCUT2D eigenvalue weighted by Crippen LogP contribution is -2.39. The van der Waals surface area contributed by atoms with Gasteiger partial charge >= 0.3 is 0 Å². The fraction of sp³-hybridized carbons (Fsp3) is 0.440. The molecule has 3 aliphatic rings. The van der Waals surface area contributed by atoms with Crippen LogP contribution in [0.3, 0.4) is 0 Å². The number of fused-ring (bicyclic) bond motifs is 2. The Balaban J connectivity index is 1.36. The number of aromatic nitrogens is 2. The van der Waals surface area contributed by atoms with E-state index in [0.717, 1.165) is 31.2 Å². The van der Waals surface area contributed by atoms with Crippen molar-refractivity contribution in [1.29, 1.82) is 0 Å². The molecule has 1 aromatic heterocycles. The van der Waals surface area contributed by atoms with Gasteiger partial charge in [-0.15, -0.1) is 0 Å². The highest BCUT2D eigenvalue weighted by atomic mass is 16.5. The average molecular weight is 464 g/mol. The number of carbonyl (C=O) groups excluding carboxylic acids is 3. The minimum Gasteiger partial charge on any atom is -0.381 e. The van der Waals surface area contributed by atoms with Gasteiger partial charge in [0.15, 0.2) is 0 Å². The summed E-state index contributed by atoms with van der Waals surface area (Å²) in [6.45, 7) is 1.11. The summed E-state index contributed by atoms with van der Waals surface area (Å²) in [5.41, 5.74) is 2.26. The van der Waals surface area contributed by atoms with Gasteiger partial charge in [-0.25, -0.2) is 0 Å². The lowest BCUT2D eigenvalue weighted by Gasteiger charge is -2.31. The summed E-state index contributed by atoms with van der Waals surface area (Å²) in [6.07, 6.45) is 8.91. The summed E-state index contributed by atoms with van der Waals surface area (Å²) in [5, 5.41) is 12.7. The SMILES string of the molecule is Cn1nccc1C(=O)NC(=CC1CCCC1)C(=O)Nc1ccc2c(c1)NC(=O)C21CCOCC1. The number of rotatable bonds is 5. The molecule has 9 nitrogen and oxygen atoms in total. The van der Waals surface area contributed by atoms with E-state index in [0.29, 0.717) is 43.1 Å². The maximum absolute atomic E-state index is 13.2. The van der Waals surface area contributed by atoms with Gasteiger partial charge < -0.3 is 20.7 Å². The zero-order valence-electron chi connectivity index (χ0n) is 19.2. The van der Waals surface area contributed by atoms with Crippen LogP contribution in [0.25, 0.3) is 0 Å². The number of nitrogens with zero attached hydrogens (tertiary/aromatic N) is 2. The van der Waals surface area contributed by atoms with Gasteiger partial charge in [-0.2, -0.15) is 5.10 Å². The molecule has 5 rings (SSSR count). The van der Waals surface area contributed by atoms with Crippen LogP contribution in [-0.2, 0) is 26.8 Å². The highest BCUT2D eigenvalue weighted by Gasteiger charge is 2.47. The molecule has 0 bridgehead atoms. The first-order valence-corrected chi connectivity index (χ1v) is 11.8. The maximum atomic E-state index is 13.2. The molecule has 178 valence electrons. The number of hydrogen-bond donors (Lipinski definition) is 3. The minimum absolute atomic E-state index is 0.0143. The lowest BCUT2D eigenvalue weighted by atomic mass is 9.75. The van der Waals surface area contributed by atoms with E-state index in [1.165, 1.54) is 4.68 Å². The van der Waals surface area contributed by atoms with Crippen LogP contribution in [0.5, 0.6) is 0 Å². The molecule has 1 saturated carbocycles. The van der Waals surface area contributed by atoms with Crippen LogP contribution in [0.4, 0.5) is 11.4 Å². The van der Waals surface area contributed by atoms with Crippen molar-refractivity contribution in [3.8, 4) is 0 Å². The number of hydrogen-bond acceptors (Lipinski definition) is 5. The fourth-order valence-corrected chi connectivity index (χ4v) is 5.24. The van der Waals surface area contributed by atoms with Crippen molar-refractivity contribution in [3.05, 3.63) is 53.5 Å². The van der Waals surface area contributed by atoms with Gasteiger partial charge in [0, 0.05) is 37.8 Å². The number of nitrogens with one attached hydrogen (secondary N) is 3. The Morgan fingerprint density at radius 3 is 2.68 bits per heavy atom. The average Bonchev–Trinajstić information content (AvgIpc) is 3.55. The number of carbonyl (C=O) groups is 3. The predicted molar refractivity (Wildman–Crippen MR) is 126 cm³/mol. The number of amides is 3. The third-order valence-electron chi connectivity index (χ3n) is 7.17. The molecule has 34 heavy (non-hydrogen) atoms. The molecule has 0 atom stereocenters. The van der Waals surface area contributed by atoms with Gasteiger partial charge in [-0.05, 0) is 55.4 Å². The Labute approximate surface area is 197 Å². The topological polar surface area (TPSA) is 114 Å². The molecule has 1 spiro atoms. The van der Waals surface area contributed by atoms with E-state index in [-0.39, 0.29) is 23.4 Å². The molecule has 9 heteroatoms. The third-order valence-corrected chi connectivity index (χ3v) is 7.17. The molecule has 0 radical (unpaired) electrons. The van der Waals surface area contributed by atoms with Gasteiger partial charge in [-0.3, -0.25) is 19.1 Å². The van der Waals surface area contributed by atoms with Crippen molar-refractivity contribution in [3.63, 3.8) is 0 Å². The zero-order valence-corrected chi connectivity index (χ0v) is 19.2. The van der Waals surface area contributed by atoms with Crippen LogP contribution < -0.4 is 16.0 Å².